The van der Waals surface area contributed by atoms with Crippen LogP contribution in [0, 0.1) is 13.8 Å². The molecule has 0 spiro atoms. The van der Waals surface area contributed by atoms with Crippen LogP contribution >= 0.6 is 0 Å². The van der Waals surface area contributed by atoms with Crippen LogP contribution in [0.1, 0.15) is 35.2 Å². The molecule has 1 atom stereocenters. The first-order valence-corrected chi connectivity index (χ1v) is 8.48. The molecule has 3 N–H and O–H groups in total. The Labute approximate surface area is 153 Å². The Morgan fingerprint density at radius 3 is 2.38 bits per heavy atom. The largest absolute Gasteiger partial charge is 0.493 e. The van der Waals surface area contributed by atoms with Crippen LogP contribution in [0.2, 0.25) is 0 Å². The molecular weight excluding hydrogens is 332 g/mol. The summed E-state index contributed by atoms with van der Waals surface area (Å²) in [5, 5.41) is 2.87. The van der Waals surface area contributed by atoms with Gasteiger partial charge in [0.25, 0.3) is 0 Å². The number of nitrogens with zero attached hydrogens (tertiary/aromatic N) is 2. The number of nitrogens with one attached hydrogen (secondary N) is 1. The molecule has 0 radical (unpaired) electrons. The first-order valence-electron chi connectivity index (χ1n) is 8.48. The number of benzene rings is 1. The highest BCUT2D eigenvalue weighted by Crippen LogP contribution is 2.30. The Morgan fingerprint density at radius 2 is 1.77 bits per heavy atom. The number of hydrogen-bond donors (Lipinski definition) is 2. The topological polar surface area (TPSA) is 99.4 Å². The Bertz CT molecular complexity index is 744. The Hall–Kier alpha value is -2.67. The second kappa shape index (κ2) is 9.15. The van der Waals surface area contributed by atoms with Crippen LogP contribution in [0.25, 0.3) is 0 Å². The van der Waals surface area contributed by atoms with E-state index in [1.54, 1.807) is 26.4 Å². The van der Waals surface area contributed by atoms with Crippen molar-refractivity contribution in [3.05, 3.63) is 47.0 Å². The number of hydrogen-bond acceptors (Lipinski definition) is 6. The van der Waals surface area contributed by atoms with E-state index in [1.807, 2.05) is 26.0 Å². The number of rotatable bonds is 8. The van der Waals surface area contributed by atoms with Gasteiger partial charge in [-0.05, 0) is 37.6 Å². The molecule has 7 nitrogen and oxygen atoms in total. The summed E-state index contributed by atoms with van der Waals surface area (Å²) in [7, 11) is 3.14. The number of carbonyl (C=O) groups excluding carboxylic acids is 1. The summed E-state index contributed by atoms with van der Waals surface area (Å²) in [4.78, 5) is 20.9. The van der Waals surface area contributed by atoms with Crippen molar-refractivity contribution in [3.8, 4) is 11.5 Å². The number of aromatic nitrogens is 2. The summed E-state index contributed by atoms with van der Waals surface area (Å²) in [6.07, 6.45) is 0.767. The minimum Gasteiger partial charge on any atom is -0.493 e. The molecule has 2 aromatic rings. The molecule has 0 aliphatic rings. The molecule has 1 heterocycles. The number of methoxy groups -OCH3 is 2. The van der Waals surface area contributed by atoms with Crippen LogP contribution in [0.5, 0.6) is 11.5 Å². The maximum absolute atomic E-state index is 12.1. The molecule has 0 bridgehead atoms. The number of carbonyl (C=O) groups is 1. The van der Waals surface area contributed by atoms with Crippen molar-refractivity contribution in [1.29, 1.82) is 0 Å². The van der Waals surface area contributed by atoms with Gasteiger partial charge in [0.2, 0.25) is 5.91 Å². The van der Waals surface area contributed by atoms with Gasteiger partial charge in [-0.25, -0.2) is 9.97 Å². The number of ether oxygens (including phenoxy) is 2. The van der Waals surface area contributed by atoms with Gasteiger partial charge in [-0.1, -0.05) is 6.07 Å². The summed E-state index contributed by atoms with van der Waals surface area (Å²) < 4.78 is 10.5. The van der Waals surface area contributed by atoms with Crippen molar-refractivity contribution in [2.45, 2.75) is 32.7 Å². The van der Waals surface area contributed by atoms with Gasteiger partial charge in [0.1, 0.15) is 5.82 Å². The third-order valence-electron chi connectivity index (χ3n) is 3.94. The number of nitrogens with two attached hydrogens (primary N) is 1. The zero-order valence-corrected chi connectivity index (χ0v) is 15.7. The second-order valence-corrected chi connectivity index (χ2v) is 6.09. The maximum atomic E-state index is 12.1. The lowest BCUT2D eigenvalue weighted by molar-refractivity contribution is -0.121. The van der Waals surface area contributed by atoms with Gasteiger partial charge in [0.05, 0.1) is 14.2 Å². The zero-order chi connectivity index (χ0) is 19.1. The van der Waals surface area contributed by atoms with Crippen molar-refractivity contribution in [3.63, 3.8) is 0 Å². The smallest absolute Gasteiger partial charge is 0.221 e. The Morgan fingerprint density at radius 1 is 1.12 bits per heavy atom. The first-order chi connectivity index (χ1) is 12.4. The van der Waals surface area contributed by atoms with Gasteiger partial charge >= 0.3 is 0 Å². The molecule has 26 heavy (non-hydrogen) atoms. The summed E-state index contributed by atoms with van der Waals surface area (Å²) >= 11 is 0. The predicted octanol–water partition coefficient (Wildman–Crippen LogP) is 1.86. The maximum Gasteiger partial charge on any atom is 0.221 e. The minimum absolute atomic E-state index is 0.114. The highest BCUT2D eigenvalue weighted by molar-refractivity contribution is 5.76. The van der Waals surface area contributed by atoms with E-state index in [0.29, 0.717) is 24.5 Å². The highest BCUT2D eigenvalue weighted by Gasteiger charge is 2.14. The van der Waals surface area contributed by atoms with Crippen molar-refractivity contribution in [2.75, 3.05) is 20.8 Å². The fraction of sp³-hybridized carbons (Fsp3) is 0.421. The fourth-order valence-corrected chi connectivity index (χ4v) is 2.70. The molecule has 2 rings (SSSR count). The number of aryl methyl sites for hydroxylation is 2. The number of amides is 1. The van der Waals surface area contributed by atoms with E-state index in [9.17, 15) is 4.79 Å². The summed E-state index contributed by atoms with van der Waals surface area (Å²) in [6.45, 7) is 4.33. The van der Waals surface area contributed by atoms with E-state index < -0.39 is 6.04 Å². The lowest BCUT2D eigenvalue weighted by Gasteiger charge is -2.15. The first kappa shape index (κ1) is 19.7. The second-order valence-electron chi connectivity index (χ2n) is 6.09. The molecule has 0 saturated heterocycles. The zero-order valence-electron chi connectivity index (χ0n) is 15.7. The summed E-state index contributed by atoms with van der Waals surface area (Å²) in [6, 6.07) is 6.91. The van der Waals surface area contributed by atoms with E-state index in [2.05, 4.69) is 15.3 Å². The van der Waals surface area contributed by atoms with Gasteiger partial charge in [0, 0.05) is 36.8 Å². The van der Waals surface area contributed by atoms with Gasteiger partial charge < -0.3 is 20.5 Å². The monoisotopic (exact) mass is 358 g/mol. The Balaban J connectivity index is 1.87. The van der Waals surface area contributed by atoms with E-state index in [-0.39, 0.29) is 12.3 Å². The summed E-state index contributed by atoms with van der Waals surface area (Å²) in [5.41, 5.74) is 8.82. The standard InChI is InChI=1S/C19H26N4O3/c1-12-9-13(2)23-18(22-12)7-8-21-19(24)11-15(20)14-5-6-16(25-3)17(10-14)26-4/h5-6,9-10,15H,7-8,11,20H2,1-4H3,(H,21,24)/t15-/m0/s1. The molecule has 0 saturated carbocycles. The van der Waals surface area contributed by atoms with Gasteiger partial charge in [-0.2, -0.15) is 0 Å². The molecule has 0 aliphatic carbocycles. The van der Waals surface area contributed by atoms with E-state index in [1.165, 1.54) is 0 Å². The van der Waals surface area contributed by atoms with Crippen molar-refractivity contribution < 1.29 is 14.3 Å². The minimum atomic E-state index is -0.424. The molecule has 7 heteroatoms. The average Bonchev–Trinajstić information content (AvgIpc) is 2.60. The molecule has 0 aliphatic heterocycles. The van der Waals surface area contributed by atoms with Crippen molar-refractivity contribution in [2.24, 2.45) is 5.73 Å². The SMILES string of the molecule is COc1ccc([C@@H](N)CC(=O)NCCc2nc(C)cc(C)n2)cc1OC. The summed E-state index contributed by atoms with van der Waals surface area (Å²) in [5.74, 6) is 1.83. The lowest BCUT2D eigenvalue weighted by atomic mass is 10.0. The fourth-order valence-electron chi connectivity index (χ4n) is 2.70. The molecule has 0 fully saturated rings. The molecule has 1 aromatic heterocycles. The van der Waals surface area contributed by atoms with Crippen LogP contribution in [-0.2, 0) is 11.2 Å². The quantitative estimate of drug-likeness (QED) is 0.747. The molecule has 140 valence electrons. The van der Waals surface area contributed by atoms with E-state index >= 15 is 0 Å². The highest BCUT2D eigenvalue weighted by atomic mass is 16.5. The van der Waals surface area contributed by atoms with E-state index in [0.717, 1.165) is 22.8 Å². The van der Waals surface area contributed by atoms with Crippen molar-refractivity contribution in [1.82, 2.24) is 15.3 Å². The van der Waals surface area contributed by atoms with Crippen LogP contribution in [0.4, 0.5) is 0 Å². The molecule has 0 unspecified atom stereocenters. The lowest BCUT2D eigenvalue weighted by Crippen LogP contribution is -2.29. The van der Waals surface area contributed by atoms with Crippen molar-refractivity contribution >= 4 is 5.91 Å². The third kappa shape index (κ3) is 5.42. The molecule has 1 aromatic carbocycles. The van der Waals surface area contributed by atoms with Crippen LogP contribution in [-0.4, -0.2) is 36.6 Å². The van der Waals surface area contributed by atoms with Gasteiger partial charge in [-0.15, -0.1) is 0 Å². The van der Waals surface area contributed by atoms with Gasteiger partial charge in [0.15, 0.2) is 11.5 Å². The predicted molar refractivity (Wildman–Crippen MR) is 99.3 cm³/mol. The Kier molecular flexibility index (Phi) is 6.91. The van der Waals surface area contributed by atoms with Crippen LogP contribution in [0.3, 0.4) is 0 Å². The average molecular weight is 358 g/mol. The third-order valence-corrected chi connectivity index (χ3v) is 3.94. The van der Waals surface area contributed by atoms with Crippen LogP contribution in [0.15, 0.2) is 24.3 Å². The normalized spacial score (nSPS) is 11.7. The van der Waals surface area contributed by atoms with Crippen LogP contribution < -0.4 is 20.5 Å². The molecular formula is C19H26N4O3. The van der Waals surface area contributed by atoms with Gasteiger partial charge in [-0.3, -0.25) is 4.79 Å². The molecule has 1 amide bonds. The van der Waals surface area contributed by atoms with E-state index in [4.69, 9.17) is 15.2 Å².